The molecule has 3 aromatic carbocycles. The van der Waals surface area contributed by atoms with Crippen molar-refractivity contribution in [1.82, 2.24) is 19.5 Å². The van der Waals surface area contributed by atoms with Crippen molar-refractivity contribution < 1.29 is 32.3 Å². The number of nitrogens with one attached hydrogen (secondary N) is 2. The number of sulfonamides is 1. The fourth-order valence-electron chi connectivity index (χ4n) is 7.03. The van der Waals surface area contributed by atoms with Crippen molar-refractivity contribution in [1.29, 1.82) is 0 Å². The van der Waals surface area contributed by atoms with Crippen molar-refractivity contribution in [3.8, 4) is 11.5 Å². The minimum atomic E-state index is -3.95. The zero-order valence-corrected chi connectivity index (χ0v) is 32.1. The third-order valence-corrected chi connectivity index (χ3v) is 12.9. The number of thiazole rings is 1. The molecule has 2 aliphatic rings. The van der Waals surface area contributed by atoms with Gasteiger partial charge in [0.05, 0.1) is 42.8 Å². The Morgan fingerprint density at radius 1 is 0.925 bits per heavy atom. The van der Waals surface area contributed by atoms with Crippen molar-refractivity contribution in [2.45, 2.75) is 49.9 Å². The minimum absolute atomic E-state index is 0.000856. The maximum atomic E-state index is 14.5. The van der Waals surface area contributed by atoms with Gasteiger partial charge in [0.1, 0.15) is 0 Å². The Morgan fingerprint density at radius 3 is 2.32 bits per heavy atom. The van der Waals surface area contributed by atoms with Gasteiger partial charge in [-0.3, -0.25) is 24.2 Å². The number of methoxy groups -OCH3 is 2. The quantitative estimate of drug-likeness (QED) is 0.126. The highest BCUT2D eigenvalue weighted by Gasteiger charge is 2.43. The molecule has 1 saturated heterocycles. The normalized spacial score (nSPS) is 16.0. The molecule has 3 heterocycles. The number of fused-ring (bicyclic) bond motifs is 1. The molecule has 2 N–H and O–H groups in total. The molecule has 4 aromatic rings. The summed E-state index contributed by atoms with van der Waals surface area (Å²) in [6.45, 7) is 8.09. The lowest BCUT2D eigenvalue weighted by atomic mass is 9.99. The first-order chi connectivity index (χ1) is 25.4. The van der Waals surface area contributed by atoms with Gasteiger partial charge in [-0.05, 0) is 62.1 Å². The predicted octanol–water partition coefficient (Wildman–Crippen LogP) is 5.41. The first-order valence-electron chi connectivity index (χ1n) is 17.4. The van der Waals surface area contributed by atoms with Crippen LogP contribution in [0.1, 0.15) is 76.3 Å². The van der Waals surface area contributed by atoms with Crippen molar-refractivity contribution in [2.75, 3.05) is 57.2 Å². The third-order valence-electron chi connectivity index (χ3n) is 9.74. The second-order valence-electron chi connectivity index (χ2n) is 13.0. The van der Waals surface area contributed by atoms with Gasteiger partial charge in [0.25, 0.3) is 21.8 Å². The van der Waals surface area contributed by atoms with Crippen LogP contribution >= 0.6 is 11.3 Å². The number of benzene rings is 3. The first-order valence-corrected chi connectivity index (χ1v) is 19.7. The van der Waals surface area contributed by atoms with E-state index in [4.69, 9.17) is 9.47 Å². The minimum Gasteiger partial charge on any atom is -0.493 e. The van der Waals surface area contributed by atoms with Crippen LogP contribution in [0.15, 0.2) is 70.9 Å². The van der Waals surface area contributed by atoms with Gasteiger partial charge >= 0.3 is 0 Å². The van der Waals surface area contributed by atoms with Crippen LogP contribution in [0.5, 0.6) is 11.5 Å². The summed E-state index contributed by atoms with van der Waals surface area (Å²) in [7, 11) is -0.915. The fourth-order valence-corrected chi connectivity index (χ4v) is 9.61. The summed E-state index contributed by atoms with van der Waals surface area (Å²) in [5.74, 6) is -0.229. The number of amides is 3. The molecule has 0 bridgehead atoms. The summed E-state index contributed by atoms with van der Waals surface area (Å²) in [5.41, 5.74) is 3.61. The molecule has 0 spiro atoms. The molecule has 1 aromatic heterocycles. The van der Waals surface area contributed by atoms with Crippen LogP contribution in [0, 0.1) is 6.92 Å². The summed E-state index contributed by atoms with van der Waals surface area (Å²) in [6.07, 6.45) is 0.546. The average Bonchev–Trinajstić information content (AvgIpc) is 3.66. The number of carbonyl (C=O) groups is 3. The second-order valence-corrected chi connectivity index (χ2v) is 16.0. The number of piperazine rings is 1. The molecule has 13 nitrogen and oxygen atoms in total. The largest absolute Gasteiger partial charge is 0.493 e. The monoisotopic (exact) mass is 760 g/mol. The summed E-state index contributed by atoms with van der Waals surface area (Å²) in [6, 6.07) is 20.6. The molecular weight excluding hydrogens is 717 g/mol. The molecular formula is C38H44N6O7S2. The molecule has 280 valence electrons. The number of hydrogen-bond donors (Lipinski definition) is 2. The number of nitrogens with zero attached hydrogens (tertiary/aromatic N) is 4. The number of imide groups is 1. The summed E-state index contributed by atoms with van der Waals surface area (Å²) in [5, 5.41) is 2.71. The van der Waals surface area contributed by atoms with Gasteiger partial charge in [0.2, 0.25) is 5.91 Å². The van der Waals surface area contributed by atoms with E-state index in [0.717, 1.165) is 30.1 Å². The van der Waals surface area contributed by atoms with Gasteiger partial charge in [0, 0.05) is 45.7 Å². The highest BCUT2D eigenvalue weighted by Crippen LogP contribution is 2.41. The van der Waals surface area contributed by atoms with Gasteiger partial charge in [-0.25, -0.2) is 18.1 Å². The van der Waals surface area contributed by atoms with E-state index in [1.165, 1.54) is 31.6 Å². The zero-order valence-electron chi connectivity index (χ0n) is 30.4. The Hall–Kier alpha value is -4.83. The molecule has 53 heavy (non-hydrogen) atoms. The predicted molar refractivity (Wildman–Crippen MR) is 203 cm³/mol. The van der Waals surface area contributed by atoms with Crippen LogP contribution in [0.4, 0.5) is 10.8 Å². The van der Waals surface area contributed by atoms with Crippen LogP contribution in [-0.2, 0) is 14.8 Å². The van der Waals surface area contributed by atoms with Crippen molar-refractivity contribution >= 4 is 49.9 Å². The van der Waals surface area contributed by atoms with Gasteiger partial charge in [0.15, 0.2) is 20.8 Å². The standard InChI is InChI=1S/C38H44N6O7S2/c1-24-37(52-38(40-24)41-26(3)45)53(48,49)39-18-10-15-30(28-16-17-32(50-4)33(23-28)51-5)44-35(46)29-13-9-14-31(34(29)36(44)47)43-21-19-42(20-22-43)25(2)27-11-7-6-8-12-27/h6-9,11-14,16-17,23,25,30,39H,10,15,18-22H2,1-5H3,(H,40,41,45)/t25-,30?/m1/s1. The number of aryl methyl sites for hydroxylation is 1. The van der Waals surface area contributed by atoms with Crippen LogP contribution in [0.25, 0.3) is 0 Å². The zero-order chi connectivity index (χ0) is 37.9. The molecule has 6 rings (SSSR count). The number of ether oxygens (including phenoxy) is 2. The van der Waals surface area contributed by atoms with E-state index < -0.39 is 27.9 Å². The molecule has 2 aliphatic heterocycles. The van der Waals surface area contributed by atoms with E-state index in [9.17, 15) is 22.8 Å². The summed E-state index contributed by atoms with van der Waals surface area (Å²) in [4.78, 5) is 50.2. The lowest BCUT2D eigenvalue weighted by Crippen LogP contribution is -2.47. The first kappa shape index (κ1) is 37.9. The molecule has 1 unspecified atom stereocenters. The second kappa shape index (κ2) is 16.0. The molecule has 15 heteroatoms. The SMILES string of the molecule is COc1ccc(C(CCCNS(=O)(=O)c2sc(NC(C)=O)nc2C)N2C(=O)c3cccc(N4CCN([C@H](C)c5ccccc5)CC4)c3C2=O)cc1OC. The number of anilines is 2. The Balaban J connectivity index is 1.22. The molecule has 2 atom stereocenters. The van der Waals surface area contributed by atoms with Crippen molar-refractivity contribution in [3.05, 3.63) is 94.7 Å². The molecule has 1 fully saturated rings. The van der Waals surface area contributed by atoms with Crippen molar-refractivity contribution in [2.24, 2.45) is 0 Å². The maximum Gasteiger partial charge on any atom is 0.264 e. The van der Waals surface area contributed by atoms with Crippen molar-refractivity contribution in [3.63, 3.8) is 0 Å². The number of hydrogen-bond acceptors (Lipinski definition) is 11. The fraction of sp³-hybridized carbons (Fsp3) is 0.368. The molecule has 0 saturated carbocycles. The lowest BCUT2D eigenvalue weighted by Gasteiger charge is -2.39. The molecule has 3 amide bonds. The Kier molecular flexibility index (Phi) is 11.5. The Bertz CT molecular complexity index is 2100. The topological polar surface area (TPSA) is 150 Å². The summed E-state index contributed by atoms with van der Waals surface area (Å²) >= 11 is 0.867. The van der Waals surface area contributed by atoms with Crippen LogP contribution < -0.4 is 24.4 Å². The van der Waals surface area contributed by atoms with E-state index >= 15 is 0 Å². The number of aromatic nitrogens is 1. The maximum absolute atomic E-state index is 14.5. The van der Waals surface area contributed by atoms with E-state index in [1.807, 2.05) is 30.3 Å². The third kappa shape index (κ3) is 7.93. The molecule has 0 aliphatic carbocycles. The van der Waals surface area contributed by atoms with Gasteiger partial charge < -0.3 is 19.7 Å². The van der Waals surface area contributed by atoms with Crippen LogP contribution in [-0.4, -0.2) is 87.9 Å². The lowest BCUT2D eigenvalue weighted by molar-refractivity contribution is -0.114. The van der Waals surface area contributed by atoms with Crippen LogP contribution in [0.3, 0.4) is 0 Å². The average molecular weight is 761 g/mol. The van der Waals surface area contributed by atoms with E-state index in [1.54, 1.807) is 31.2 Å². The highest BCUT2D eigenvalue weighted by molar-refractivity contribution is 7.91. The van der Waals surface area contributed by atoms with Gasteiger partial charge in [-0.2, -0.15) is 0 Å². The molecule has 0 radical (unpaired) electrons. The Morgan fingerprint density at radius 2 is 1.64 bits per heavy atom. The van der Waals surface area contributed by atoms with E-state index in [0.29, 0.717) is 41.3 Å². The summed E-state index contributed by atoms with van der Waals surface area (Å²) < 4.78 is 40.1. The number of rotatable bonds is 14. The van der Waals surface area contributed by atoms with E-state index in [-0.39, 0.29) is 46.4 Å². The highest BCUT2D eigenvalue weighted by atomic mass is 32.2. The number of carbonyl (C=O) groups excluding carboxylic acids is 3. The van der Waals surface area contributed by atoms with Gasteiger partial charge in [-0.15, -0.1) is 0 Å². The Labute approximate surface area is 314 Å². The van der Waals surface area contributed by atoms with E-state index in [2.05, 4.69) is 43.9 Å². The smallest absolute Gasteiger partial charge is 0.264 e. The van der Waals surface area contributed by atoms with Crippen LogP contribution in [0.2, 0.25) is 0 Å². The van der Waals surface area contributed by atoms with Gasteiger partial charge in [-0.1, -0.05) is 53.8 Å².